The van der Waals surface area contributed by atoms with Crippen molar-refractivity contribution in [3.8, 4) is 5.75 Å². The second-order valence-electron chi connectivity index (χ2n) is 5.80. The van der Waals surface area contributed by atoms with Gasteiger partial charge in [-0.05, 0) is 59.8 Å². The van der Waals surface area contributed by atoms with Crippen molar-refractivity contribution in [3.05, 3.63) is 42.5 Å². The summed E-state index contributed by atoms with van der Waals surface area (Å²) in [5, 5.41) is 18.7. The number of aliphatic hydroxyl groups excluding tert-OH is 1. The van der Waals surface area contributed by atoms with Crippen LogP contribution in [0, 0.1) is 0 Å². The SMILES string of the molecule is CCN(CCO)c1ccc(N=Nc2sc3cc(OC)ccc3[n+]2C)cc1.[Cl-].[Cl-].[Cl-].[Zn+2]. The Labute approximate surface area is 212 Å². The minimum absolute atomic E-state index is 0. The van der Waals surface area contributed by atoms with E-state index in [-0.39, 0.29) is 63.3 Å². The van der Waals surface area contributed by atoms with Crippen LogP contribution in [0.25, 0.3) is 10.2 Å². The molecule has 0 atom stereocenters. The van der Waals surface area contributed by atoms with Gasteiger partial charge in [-0.25, -0.2) is 4.57 Å². The van der Waals surface area contributed by atoms with Crippen molar-refractivity contribution < 1.29 is 71.1 Å². The quantitative estimate of drug-likeness (QED) is 0.185. The molecule has 0 saturated heterocycles. The number of anilines is 1. The first kappa shape index (κ1) is 31.2. The van der Waals surface area contributed by atoms with Gasteiger partial charge in [-0.1, -0.05) is 0 Å². The number of benzene rings is 2. The van der Waals surface area contributed by atoms with E-state index in [0.29, 0.717) is 6.54 Å². The molecule has 30 heavy (non-hydrogen) atoms. The molecule has 0 saturated carbocycles. The molecule has 0 radical (unpaired) electrons. The monoisotopic (exact) mass is 540 g/mol. The number of rotatable bonds is 7. The van der Waals surface area contributed by atoms with Crippen LogP contribution in [-0.4, -0.2) is 31.9 Å². The van der Waals surface area contributed by atoms with Crippen LogP contribution in [-0.2, 0) is 26.5 Å². The first-order chi connectivity index (χ1) is 12.7. The Kier molecular flexibility index (Phi) is 15.5. The van der Waals surface area contributed by atoms with Crippen LogP contribution in [0.1, 0.15) is 6.92 Å². The number of fused-ring (bicyclic) bond motifs is 1. The van der Waals surface area contributed by atoms with Gasteiger partial charge in [-0.3, -0.25) is 0 Å². The van der Waals surface area contributed by atoms with Gasteiger partial charge in [-0.2, -0.15) is 0 Å². The predicted molar refractivity (Wildman–Crippen MR) is 105 cm³/mol. The van der Waals surface area contributed by atoms with E-state index in [1.165, 1.54) is 0 Å². The van der Waals surface area contributed by atoms with Crippen LogP contribution in [0.5, 0.6) is 5.75 Å². The van der Waals surface area contributed by atoms with Gasteiger partial charge in [0.15, 0.2) is 0 Å². The Morgan fingerprint density at radius 3 is 2.30 bits per heavy atom. The number of nitrogens with zero attached hydrogens (tertiary/aromatic N) is 4. The van der Waals surface area contributed by atoms with Crippen LogP contribution in [0.4, 0.5) is 16.5 Å². The van der Waals surface area contributed by atoms with Gasteiger partial charge in [0.05, 0.1) is 30.6 Å². The molecule has 0 unspecified atom stereocenters. The number of aliphatic hydroxyl groups is 1. The molecular formula is C19H23Cl3N4O2SZn. The maximum absolute atomic E-state index is 9.13. The zero-order valence-electron chi connectivity index (χ0n) is 17.1. The number of hydrogen-bond acceptors (Lipinski definition) is 6. The Morgan fingerprint density at radius 2 is 1.73 bits per heavy atom. The zero-order chi connectivity index (χ0) is 18.5. The fourth-order valence-corrected chi connectivity index (χ4v) is 3.76. The molecule has 1 aromatic heterocycles. The largest absolute Gasteiger partial charge is 2.00 e. The number of likely N-dealkylation sites (N-methyl/N-ethyl adjacent to an activating group) is 1. The topological polar surface area (TPSA) is 61.3 Å². The number of ether oxygens (including phenoxy) is 1. The number of aryl methyl sites for hydroxylation is 1. The smallest absolute Gasteiger partial charge is 1.00 e. The van der Waals surface area contributed by atoms with Gasteiger partial charge < -0.3 is 52.0 Å². The van der Waals surface area contributed by atoms with Crippen molar-refractivity contribution in [2.24, 2.45) is 17.3 Å². The van der Waals surface area contributed by atoms with Crippen molar-refractivity contribution in [1.82, 2.24) is 0 Å². The molecule has 0 aliphatic rings. The first-order valence-corrected chi connectivity index (χ1v) is 9.32. The molecule has 160 valence electrons. The molecule has 0 fully saturated rings. The fourth-order valence-electron chi connectivity index (χ4n) is 2.76. The van der Waals surface area contributed by atoms with Crippen LogP contribution in [0.3, 0.4) is 0 Å². The fraction of sp³-hybridized carbons (Fsp3) is 0.316. The molecule has 0 bridgehead atoms. The maximum atomic E-state index is 9.13. The molecule has 6 nitrogen and oxygen atoms in total. The molecule has 0 aliphatic heterocycles. The van der Waals surface area contributed by atoms with Crippen LogP contribution >= 0.6 is 11.3 Å². The maximum Gasteiger partial charge on any atom is 2.00 e. The van der Waals surface area contributed by atoms with E-state index in [2.05, 4.69) is 22.1 Å². The van der Waals surface area contributed by atoms with Crippen molar-refractivity contribution in [3.63, 3.8) is 0 Å². The van der Waals surface area contributed by atoms with Gasteiger partial charge in [0, 0.05) is 24.8 Å². The zero-order valence-corrected chi connectivity index (χ0v) is 23.1. The van der Waals surface area contributed by atoms with Gasteiger partial charge in [0.25, 0.3) is 0 Å². The van der Waals surface area contributed by atoms with E-state index in [0.717, 1.165) is 39.0 Å². The van der Waals surface area contributed by atoms with E-state index < -0.39 is 0 Å². The Hall–Kier alpha value is -1.02. The third-order valence-electron chi connectivity index (χ3n) is 4.23. The third-order valence-corrected chi connectivity index (χ3v) is 5.32. The average Bonchev–Trinajstić information content (AvgIpc) is 3.00. The number of hydrogen-bond donors (Lipinski definition) is 1. The summed E-state index contributed by atoms with van der Waals surface area (Å²) >= 11 is 1.58. The summed E-state index contributed by atoms with van der Waals surface area (Å²) < 4.78 is 8.42. The van der Waals surface area contributed by atoms with E-state index >= 15 is 0 Å². The summed E-state index contributed by atoms with van der Waals surface area (Å²) in [4.78, 5) is 2.11. The molecule has 11 heteroatoms. The van der Waals surface area contributed by atoms with Crippen LogP contribution in [0.2, 0.25) is 0 Å². The molecule has 3 rings (SSSR count). The van der Waals surface area contributed by atoms with E-state index in [1.54, 1.807) is 18.4 Å². The molecule has 2 aromatic carbocycles. The van der Waals surface area contributed by atoms with Gasteiger partial charge in [-0.15, -0.1) is 0 Å². The van der Waals surface area contributed by atoms with Crippen molar-refractivity contribution in [2.45, 2.75) is 6.92 Å². The van der Waals surface area contributed by atoms with Gasteiger partial charge in [0.1, 0.15) is 17.0 Å². The number of methoxy groups -OCH3 is 1. The summed E-state index contributed by atoms with van der Waals surface area (Å²) in [7, 11) is 3.65. The minimum atomic E-state index is 0. The normalized spacial score (nSPS) is 9.87. The second-order valence-corrected chi connectivity index (χ2v) is 6.81. The van der Waals surface area contributed by atoms with Crippen molar-refractivity contribution in [1.29, 1.82) is 0 Å². The molecule has 0 aliphatic carbocycles. The number of thiazole rings is 1. The number of azo groups is 1. The molecule has 1 N–H and O–H groups in total. The minimum Gasteiger partial charge on any atom is -1.00 e. The van der Waals surface area contributed by atoms with E-state index in [9.17, 15) is 0 Å². The van der Waals surface area contributed by atoms with Crippen molar-refractivity contribution in [2.75, 3.05) is 31.7 Å². The van der Waals surface area contributed by atoms with Crippen LogP contribution < -0.4 is 51.4 Å². The number of aromatic nitrogens is 1. The average molecular weight is 543 g/mol. The molecule has 0 amide bonds. The van der Waals surface area contributed by atoms with Crippen molar-refractivity contribution >= 4 is 38.1 Å². The van der Waals surface area contributed by atoms with Gasteiger partial charge >= 0.3 is 24.6 Å². The van der Waals surface area contributed by atoms with Crippen LogP contribution in [0.15, 0.2) is 52.7 Å². The van der Waals surface area contributed by atoms with E-state index in [1.807, 2.05) is 54.1 Å². The standard InChI is InChI=1S/C19H23N4O2S.3ClH.Zn/c1-4-23(11-12-24)15-7-5-14(6-8-15)20-21-19-22(2)17-10-9-16(25-3)13-18(17)26-19;;;;/h5-10,13,24H,4,11-12H2,1-3H3;3*1H;/q+1;;;;+2/p-3. The molecule has 0 spiro atoms. The number of halogens is 3. The molecule has 1 heterocycles. The molecule has 3 aromatic rings. The summed E-state index contributed by atoms with van der Waals surface area (Å²) in [5.41, 5.74) is 2.96. The predicted octanol–water partition coefficient (Wildman–Crippen LogP) is -5.02. The molecular weight excluding hydrogens is 520 g/mol. The second kappa shape index (κ2) is 14.9. The first-order valence-electron chi connectivity index (χ1n) is 8.50. The van der Waals surface area contributed by atoms with E-state index in [4.69, 9.17) is 9.84 Å². The summed E-state index contributed by atoms with van der Waals surface area (Å²) in [6, 6.07) is 13.9. The van der Waals surface area contributed by atoms with Gasteiger partial charge in [0.2, 0.25) is 0 Å². The summed E-state index contributed by atoms with van der Waals surface area (Å²) in [6.07, 6.45) is 0. The Bertz CT molecular complexity index is 926. The third kappa shape index (κ3) is 7.29. The Morgan fingerprint density at radius 1 is 1.07 bits per heavy atom. The summed E-state index contributed by atoms with van der Waals surface area (Å²) in [6.45, 7) is 3.68. The Balaban J connectivity index is 0. The summed E-state index contributed by atoms with van der Waals surface area (Å²) in [5.74, 6) is 0.835.